The quantitative estimate of drug-likeness (QED) is 0.860. The number of aromatic nitrogens is 3. The number of hydrogen-bond acceptors (Lipinski definition) is 6. The maximum absolute atomic E-state index is 5.37. The van der Waals surface area contributed by atoms with Crippen molar-refractivity contribution >= 4 is 5.95 Å². The van der Waals surface area contributed by atoms with Gasteiger partial charge in [0, 0.05) is 32.2 Å². The second kappa shape index (κ2) is 5.35. The number of hydrogen-bond donors (Lipinski definition) is 2. The first-order valence-electron chi connectivity index (χ1n) is 7.55. The molecule has 2 aliphatic rings. The molecule has 2 aliphatic heterocycles. The maximum Gasteiger partial charge on any atom is 0.259 e. The second-order valence-corrected chi connectivity index (χ2v) is 5.96. The summed E-state index contributed by atoms with van der Waals surface area (Å²) in [6, 6.07) is 10.0. The van der Waals surface area contributed by atoms with E-state index in [9.17, 15) is 0 Å². The van der Waals surface area contributed by atoms with E-state index in [1.807, 2.05) is 42.4 Å². The summed E-state index contributed by atoms with van der Waals surface area (Å²) in [7, 11) is 2.01. The summed E-state index contributed by atoms with van der Waals surface area (Å²) in [6.45, 7) is 4.36. The Morgan fingerprint density at radius 2 is 2.09 bits per heavy atom. The Balaban J connectivity index is 1.51. The average molecular weight is 300 g/mol. The highest BCUT2D eigenvalue weighted by Gasteiger charge is 2.43. The standard InChI is InChI=1S/C15H20N6O/c1-20(21-8-7-16-15(9-21)10-22-11-15)14-17-13(18-19-14)12-5-3-2-4-6-12/h2-6,16H,7-11H2,1H3,(H,17,18,19). The second-order valence-electron chi connectivity index (χ2n) is 5.96. The molecule has 0 radical (unpaired) electrons. The van der Waals surface area contributed by atoms with E-state index in [1.165, 1.54) is 0 Å². The van der Waals surface area contributed by atoms with Crippen LogP contribution in [0.5, 0.6) is 0 Å². The Bertz CT molecular complexity index is 638. The number of hydrazine groups is 1. The number of piperazine rings is 1. The third kappa shape index (κ3) is 2.37. The van der Waals surface area contributed by atoms with Crippen molar-refractivity contribution in [3.63, 3.8) is 0 Å². The molecule has 0 bridgehead atoms. The van der Waals surface area contributed by atoms with Crippen molar-refractivity contribution in [3.05, 3.63) is 30.3 Å². The predicted molar refractivity (Wildman–Crippen MR) is 83.3 cm³/mol. The van der Waals surface area contributed by atoms with Crippen LogP contribution in [-0.2, 0) is 4.74 Å². The number of ether oxygens (including phenoxy) is 1. The minimum atomic E-state index is 0.102. The summed E-state index contributed by atoms with van der Waals surface area (Å²) in [6.07, 6.45) is 0. The summed E-state index contributed by atoms with van der Waals surface area (Å²) in [5.41, 5.74) is 1.14. The van der Waals surface area contributed by atoms with E-state index in [2.05, 4.69) is 25.5 Å². The first-order chi connectivity index (χ1) is 10.8. The molecule has 1 spiro atoms. The lowest BCUT2D eigenvalue weighted by Crippen LogP contribution is -2.72. The van der Waals surface area contributed by atoms with E-state index >= 15 is 0 Å². The van der Waals surface area contributed by atoms with Crippen molar-refractivity contribution in [2.45, 2.75) is 5.54 Å². The molecule has 2 aromatic rings. The molecular formula is C15H20N6O. The van der Waals surface area contributed by atoms with E-state index in [0.717, 1.165) is 44.2 Å². The largest absolute Gasteiger partial charge is 0.377 e. The zero-order valence-electron chi connectivity index (χ0n) is 12.6. The van der Waals surface area contributed by atoms with Crippen LogP contribution in [0.15, 0.2) is 30.3 Å². The van der Waals surface area contributed by atoms with Gasteiger partial charge in [-0.2, -0.15) is 4.98 Å². The molecule has 3 heterocycles. The molecule has 7 nitrogen and oxygen atoms in total. The van der Waals surface area contributed by atoms with Crippen molar-refractivity contribution in [2.75, 3.05) is 44.9 Å². The highest BCUT2D eigenvalue weighted by atomic mass is 16.5. The van der Waals surface area contributed by atoms with Crippen LogP contribution < -0.4 is 10.3 Å². The third-order valence-electron chi connectivity index (χ3n) is 4.35. The summed E-state index contributed by atoms with van der Waals surface area (Å²) in [4.78, 5) is 4.61. The molecular weight excluding hydrogens is 280 g/mol. The molecule has 22 heavy (non-hydrogen) atoms. The topological polar surface area (TPSA) is 69.3 Å². The highest BCUT2D eigenvalue weighted by Crippen LogP contribution is 2.24. The minimum absolute atomic E-state index is 0.102. The van der Waals surface area contributed by atoms with Crippen LogP contribution in [0.2, 0.25) is 0 Å². The summed E-state index contributed by atoms with van der Waals surface area (Å²) < 4.78 is 5.37. The van der Waals surface area contributed by atoms with Crippen LogP contribution in [-0.4, -0.2) is 65.6 Å². The van der Waals surface area contributed by atoms with Gasteiger partial charge in [0.05, 0.1) is 18.8 Å². The molecule has 0 atom stereocenters. The Morgan fingerprint density at radius 1 is 1.27 bits per heavy atom. The van der Waals surface area contributed by atoms with Crippen molar-refractivity contribution in [2.24, 2.45) is 0 Å². The van der Waals surface area contributed by atoms with Gasteiger partial charge in [-0.25, -0.2) is 5.01 Å². The number of nitrogens with zero attached hydrogens (tertiary/aromatic N) is 4. The average Bonchev–Trinajstić information content (AvgIpc) is 3.03. The molecule has 0 unspecified atom stereocenters. The fraction of sp³-hybridized carbons (Fsp3) is 0.467. The monoisotopic (exact) mass is 300 g/mol. The number of aromatic amines is 1. The fourth-order valence-electron chi connectivity index (χ4n) is 2.98. The number of benzene rings is 1. The van der Waals surface area contributed by atoms with Crippen LogP contribution in [0.25, 0.3) is 11.4 Å². The molecule has 2 fully saturated rings. The molecule has 1 aromatic heterocycles. The van der Waals surface area contributed by atoms with Gasteiger partial charge >= 0.3 is 0 Å². The predicted octanol–water partition coefficient (Wildman–Crippen LogP) is 0.497. The SMILES string of the molecule is CN(c1n[nH]c(-c2ccccc2)n1)N1CCNC2(COC2)C1. The zero-order valence-corrected chi connectivity index (χ0v) is 12.6. The van der Waals surface area contributed by atoms with Crippen molar-refractivity contribution < 1.29 is 4.74 Å². The molecule has 7 heteroatoms. The Kier molecular flexibility index (Phi) is 3.33. The van der Waals surface area contributed by atoms with E-state index in [0.29, 0.717) is 5.95 Å². The van der Waals surface area contributed by atoms with Crippen LogP contribution in [0.4, 0.5) is 5.95 Å². The van der Waals surface area contributed by atoms with E-state index in [1.54, 1.807) is 0 Å². The molecule has 116 valence electrons. The highest BCUT2D eigenvalue weighted by molar-refractivity contribution is 5.55. The minimum Gasteiger partial charge on any atom is -0.377 e. The Hall–Kier alpha value is -1.96. The van der Waals surface area contributed by atoms with Crippen LogP contribution >= 0.6 is 0 Å². The van der Waals surface area contributed by atoms with Gasteiger partial charge < -0.3 is 10.1 Å². The van der Waals surface area contributed by atoms with Gasteiger partial charge in [-0.05, 0) is 0 Å². The normalized spacial score (nSPS) is 20.8. The van der Waals surface area contributed by atoms with Crippen molar-refractivity contribution in [1.82, 2.24) is 25.5 Å². The molecule has 0 amide bonds. The zero-order chi connectivity index (χ0) is 15.0. The van der Waals surface area contributed by atoms with Gasteiger partial charge in [0.2, 0.25) is 0 Å². The van der Waals surface area contributed by atoms with Gasteiger partial charge in [0.25, 0.3) is 5.95 Å². The maximum atomic E-state index is 5.37. The number of anilines is 1. The lowest BCUT2D eigenvalue weighted by Gasteiger charge is -2.50. The lowest BCUT2D eigenvalue weighted by atomic mass is 9.95. The van der Waals surface area contributed by atoms with E-state index in [4.69, 9.17) is 4.74 Å². The first kappa shape index (κ1) is 13.7. The fourth-order valence-corrected chi connectivity index (χ4v) is 2.98. The molecule has 2 saturated heterocycles. The summed E-state index contributed by atoms with van der Waals surface area (Å²) in [5, 5.41) is 15.2. The molecule has 4 rings (SSSR count). The Morgan fingerprint density at radius 3 is 2.82 bits per heavy atom. The third-order valence-corrected chi connectivity index (χ3v) is 4.35. The summed E-state index contributed by atoms with van der Waals surface area (Å²) >= 11 is 0. The smallest absolute Gasteiger partial charge is 0.259 e. The molecule has 1 aromatic carbocycles. The van der Waals surface area contributed by atoms with Gasteiger partial charge in [0.15, 0.2) is 5.82 Å². The van der Waals surface area contributed by atoms with Gasteiger partial charge in [-0.15, -0.1) is 5.10 Å². The van der Waals surface area contributed by atoms with E-state index in [-0.39, 0.29) is 5.54 Å². The van der Waals surface area contributed by atoms with Crippen LogP contribution in [0.1, 0.15) is 0 Å². The van der Waals surface area contributed by atoms with Crippen LogP contribution in [0.3, 0.4) is 0 Å². The van der Waals surface area contributed by atoms with Gasteiger partial charge in [-0.1, -0.05) is 30.3 Å². The molecule has 0 saturated carbocycles. The lowest BCUT2D eigenvalue weighted by molar-refractivity contribution is -0.101. The van der Waals surface area contributed by atoms with Crippen molar-refractivity contribution in [1.29, 1.82) is 0 Å². The van der Waals surface area contributed by atoms with Crippen molar-refractivity contribution in [3.8, 4) is 11.4 Å². The molecule has 2 N–H and O–H groups in total. The summed E-state index contributed by atoms with van der Waals surface area (Å²) in [5.74, 6) is 1.48. The number of H-pyrrole nitrogens is 1. The van der Waals surface area contributed by atoms with Gasteiger partial charge in [-0.3, -0.25) is 10.1 Å². The first-order valence-corrected chi connectivity index (χ1v) is 7.55. The number of rotatable bonds is 3. The van der Waals surface area contributed by atoms with Gasteiger partial charge in [0.1, 0.15) is 0 Å². The van der Waals surface area contributed by atoms with E-state index < -0.39 is 0 Å². The molecule has 0 aliphatic carbocycles. The van der Waals surface area contributed by atoms with Crippen LogP contribution in [0, 0.1) is 0 Å². The number of nitrogens with one attached hydrogen (secondary N) is 2. The Labute approximate surface area is 129 Å².